The molecular formula is C21H19ClF3N7O3S. The first-order valence-corrected chi connectivity index (χ1v) is 11.2. The number of hydrogen-bond donors (Lipinski definition) is 3. The second-order valence-electron chi connectivity index (χ2n) is 7.63. The number of benzene rings is 1. The summed E-state index contributed by atoms with van der Waals surface area (Å²) in [6, 6.07) is 1.92. The van der Waals surface area contributed by atoms with E-state index in [1.165, 1.54) is 20.3 Å². The van der Waals surface area contributed by atoms with Gasteiger partial charge in [-0.15, -0.1) is 11.3 Å². The number of amides is 3. The second-order valence-corrected chi connectivity index (χ2v) is 9.07. The molecule has 0 radical (unpaired) electrons. The van der Waals surface area contributed by atoms with Crippen LogP contribution in [0, 0.1) is 0 Å². The topological polar surface area (TPSA) is 143 Å². The largest absolute Gasteiger partial charge is 0.416 e. The molecule has 0 aliphatic rings. The minimum absolute atomic E-state index is 0.0632. The molecule has 1 atom stereocenters. The average molecular weight is 542 g/mol. The molecule has 0 spiro atoms. The molecular weight excluding hydrogens is 523 g/mol. The van der Waals surface area contributed by atoms with Gasteiger partial charge in [-0.1, -0.05) is 11.6 Å². The van der Waals surface area contributed by atoms with E-state index in [0.717, 1.165) is 34.7 Å². The number of nitrogen functional groups attached to an aromatic ring is 1. The SMILES string of the molecule is CC(NC(=O)c1ncnc(N)c1Cl)c1ncc(C(=O)Nc2cc(C(=O)N(C)C)cc(C(F)(F)F)c2)s1. The molecule has 2 aromatic heterocycles. The first-order chi connectivity index (χ1) is 16.8. The van der Waals surface area contributed by atoms with Gasteiger partial charge < -0.3 is 21.3 Å². The van der Waals surface area contributed by atoms with Gasteiger partial charge in [-0.2, -0.15) is 13.2 Å². The molecule has 2 heterocycles. The van der Waals surface area contributed by atoms with Crippen LogP contribution in [0.15, 0.2) is 30.7 Å². The van der Waals surface area contributed by atoms with Gasteiger partial charge in [0.1, 0.15) is 27.1 Å². The van der Waals surface area contributed by atoms with Crippen LogP contribution in [-0.2, 0) is 6.18 Å². The normalized spacial score (nSPS) is 12.1. The molecule has 0 saturated carbocycles. The molecule has 36 heavy (non-hydrogen) atoms. The van der Waals surface area contributed by atoms with Gasteiger partial charge in [0.15, 0.2) is 5.69 Å². The van der Waals surface area contributed by atoms with Crippen LogP contribution < -0.4 is 16.4 Å². The Balaban J connectivity index is 1.78. The summed E-state index contributed by atoms with van der Waals surface area (Å²) in [6.07, 6.45) is -2.43. The van der Waals surface area contributed by atoms with Crippen LogP contribution in [0.2, 0.25) is 5.02 Å². The molecule has 15 heteroatoms. The van der Waals surface area contributed by atoms with Gasteiger partial charge in [-0.3, -0.25) is 14.4 Å². The molecule has 1 aromatic carbocycles. The van der Waals surface area contributed by atoms with E-state index in [0.29, 0.717) is 11.1 Å². The highest BCUT2D eigenvalue weighted by atomic mass is 35.5. The maximum Gasteiger partial charge on any atom is 0.416 e. The maximum absolute atomic E-state index is 13.3. The molecule has 0 aliphatic carbocycles. The minimum atomic E-state index is -4.73. The first-order valence-electron chi connectivity index (χ1n) is 10.1. The zero-order chi connectivity index (χ0) is 26.8. The molecule has 10 nitrogen and oxygen atoms in total. The summed E-state index contributed by atoms with van der Waals surface area (Å²) in [5.41, 5.74) is 3.89. The van der Waals surface area contributed by atoms with Crippen molar-refractivity contribution in [3.63, 3.8) is 0 Å². The third-order valence-corrected chi connectivity index (χ3v) is 6.22. The van der Waals surface area contributed by atoms with E-state index in [4.69, 9.17) is 17.3 Å². The van der Waals surface area contributed by atoms with Gasteiger partial charge >= 0.3 is 6.18 Å². The average Bonchev–Trinajstić information content (AvgIpc) is 3.30. The first kappa shape index (κ1) is 26.8. The fourth-order valence-corrected chi connectivity index (χ4v) is 3.90. The Hall–Kier alpha value is -3.78. The number of hydrogen-bond acceptors (Lipinski definition) is 8. The summed E-state index contributed by atoms with van der Waals surface area (Å²) in [4.78, 5) is 50.1. The Labute approximate surface area is 211 Å². The summed E-state index contributed by atoms with van der Waals surface area (Å²) < 4.78 is 40.0. The van der Waals surface area contributed by atoms with Crippen molar-refractivity contribution in [2.45, 2.75) is 19.1 Å². The number of anilines is 2. The minimum Gasteiger partial charge on any atom is -0.382 e. The predicted molar refractivity (Wildman–Crippen MR) is 127 cm³/mol. The Morgan fingerprint density at radius 2 is 1.81 bits per heavy atom. The van der Waals surface area contributed by atoms with E-state index >= 15 is 0 Å². The lowest BCUT2D eigenvalue weighted by Crippen LogP contribution is -2.28. The van der Waals surface area contributed by atoms with Gasteiger partial charge in [0.05, 0.1) is 17.8 Å². The van der Waals surface area contributed by atoms with Crippen molar-refractivity contribution in [2.75, 3.05) is 25.1 Å². The molecule has 1 unspecified atom stereocenters. The van der Waals surface area contributed by atoms with Crippen molar-refractivity contribution < 1.29 is 27.6 Å². The number of nitrogens with two attached hydrogens (primary N) is 1. The summed E-state index contributed by atoms with van der Waals surface area (Å²) >= 11 is 6.87. The Morgan fingerprint density at radius 1 is 1.11 bits per heavy atom. The standard InChI is InChI=1S/C21H19ClF3N7O3S/c1-9(30-18(34)15-14(22)16(26)29-8-28-15)19-27-7-13(36-19)17(33)31-12-5-10(20(35)32(2)3)4-11(6-12)21(23,24)25/h4-9H,1-3H3,(H,30,34)(H,31,33)(H2,26,28,29). The van der Waals surface area contributed by atoms with E-state index in [2.05, 4.69) is 25.6 Å². The highest BCUT2D eigenvalue weighted by molar-refractivity contribution is 7.13. The van der Waals surface area contributed by atoms with Crippen molar-refractivity contribution >= 4 is 52.2 Å². The van der Waals surface area contributed by atoms with Crippen molar-refractivity contribution in [1.82, 2.24) is 25.2 Å². The number of carbonyl (C=O) groups is 3. The van der Waals surface area contributed by atoms with E-state index in [1.54, 1.807) is 6.92 Å². The van der Waals surface area contributed by atoms with Crippen LogP contribution in [-0.4, -0.2) is 51.7 Å². The van der Waals surface area contributed by atoms with E-state index in [1.807, 2.05) is 0 Å². The zero-order valence-electron chi connectivity index (χ0n) is 19.0. The molecule has 3 rings (SSSR count). The summed E-state index contributed by atoms with van der Waals surface area (Å²) in [5, 5.41) is 5.20. The van der Waals surface area contributed by atoms with E-state index in [9.17, 15) is 27.6 Å². The van der Waals surface area contributed by atoms with Crippen molar-refractivity contribution in [2.24, 2.45) is 0 Å². The fraction of sp³-hybridized carbons (Fsp3) is 0.238. The Morgan fingerprint density at radius 3 is 2.44 bits per heavy atom. The highest BCUT2D eigenvalue weighted by Crippen LogP contribution is 2.32. The molecule has 0 fully saturated rings. The van der Waals surface area contributed by atoms with E-state index in [-0.39, 0.29) is 32.7 Å². The van der Waals surface area contributed by atoms with Crippen LogP contribution >= 0.6 is 22.9 Å². The van der Waals surface area contributed by atoms with Gasteiger partial charge in [-0.05, 0) is 25.1 Å². The predicted octanol–water partition coefficient (Wildman–Crippen LogP) is 3.63. The molecule has 3 amide bonds. The zero-order valence-corrected chi connectivity index (χ0v) is 20.5. The quantitative estimate of drug-likeness (QED) is 0.432. The van der Waals surface area contributed by atoms with Crippen molar-refractivity contribution in [3.05, 3.63) is 62.5 Å². The number of alkyl halides is 3. The molecule has 0 aliphatic heterocycles. The molecule has 190 valence electrons. The number of aromatic nitrogens is 3. The lowest BCUT2D eigenvalue weighted by molar-refractivity contribution is -0.137. The van der Waals surface area contributed by atoms with Crippen LogP contribution in [0.1, 0.15) is 54.1 Å². The van der Waals surface area contributed by atoms with Crippen molar-refractivity contribution in [3.8, 4) is 0 Å². The monoisotopic (exact) mass is 541 g/mol. The summed E-state index contributed by atoms with van der Waals surface area (Å²) in [6.45, 7) is 1.60. The van der Waals surface area contributed by atoms with Gasteiger partial charge in [-0.25, -0.2) is 15.0 Å². The molecule has 0 bridgehead atoms. The Bertz CT molecular complexity index is 1330. The smallest absolute Gasteiger partial charge is 0.382 e. The van der Waals surface area contributed by atoms with Crippen LogP contribution in [0.3, 0.4) is 0 Å². The van der Waals surface area contributed by atoms with Crippen molar-refractivity contribution in [1.29, 1.82) is 0 Å². The second kappa shape index (κ2) is 10.5. The maximum atomic E-state index is 13.3. The third kappa shape index (κ3) is 6.07. The van der Waals surface area contributed by atoms with E-state index < -0.39 is 35.5 Å². The number of rotatable bonds is 6. The number of nitrogens with one attached hydrogen (secondary N) is 2. The lowest BCUT2D eigenvalue weighted by Gasteiger charge is -2.15. The lowest BCUT2D eigenvalue weighted by atomic mass is 10.1. The fourth-order valence-electron chi connectivity index (χ4n) is 2.90. The molecule has 4 N–H and O–H groups in total. The van der Waals surface area contributed by atoms with Gasteiger partial charge in [0.2, 0.25) is 0 Å². The van der Waals surface area contributed by atoms with Crippen LogP contribution in [0.5, 0.6) is 0 Å². The van der Waals surface area contributed by atoms with Crippen LogP contribution in [0.25, 0.3) is 0 Å². The summed E-state index contributed by atoms with van der Waals surface area (Å²) in [7, 11) is 2.79. The highest BCUT2D eigenvalue weighted by Gasteiger charge is 2.32. The Kier molecular flexibility index (Phi) is 7.79. The molecule has 3 aromatic rings. The summed E-state index contributed by atoms with van der Waals surface area (Å²) in [5.74, 6) is -2.12. The van der Waals surface area contributed by atoms with Gasteiger partial charge in [0.25, 0.3) is 17.7 Å². The number of thiazole rings is 1. The number of nitrogens with zero attached hydrogens (tertiary/aromatic N) is 4. The number of carbonyl (C=O) groups excluding carboxylic acids is 3. The van der Waals surface area contributed by atoms with Gasteiger partial charge in [0, 0.05) is 25.3 Å². The third-order valence-electron chi connectivity index (χ3n) is 4.67. The van der Waals surface area contributed by atoms with Crippen LogP contribution in [0.4, 0.5) is 24.7 Å². The number of halogens is 4. The molecule has 0 saturated heterocycles.